The summed E-state index contributed by atoms with van der Waals surface area (Å²) < 4.78 is 7.75. The van der Waals surface area contributed by atoms with E-state index in [-0.39, 0.29) is 17.9 Å². The van der Waals surface area contributed by atoms with Gasteiger partial charge in [-0.05, 0) is 54.4 Å². The third kappa shape index (κ3) is 3.96. The number of ether oxygens (including phenoxy) is 1. The molecule has 3 aromatic heterocycles. The molecule has 0 radical (unpaired) electrons. The molecule has 0 aliphatic heterocycles. The second-order valence-electron chi connectivity index (χ2n) is 9.77. The van der Waals surface area contributed by atoms with Crippen LogP contribution in [0.15, 0.2) is 29.3 Å². The number of nitrogens with zero attached hydrogens (tertiary/aromatic N) is 4. The summed E-state index contributed by atoms with van der Waals surface area (Å²) in [5.41, 5.74) is 2.17. The Labute approximate surface area is 205 Å². The molecule has 8 nitrogen and oxygen atoms in total. The van der Waals surface area contributed by atoms with Crippen LogP contribution in [-0.4, -0.2) is 32.2 Å². The van der Waals surface area contributed by atoms with Crippen LogP contribution in [0.1, 0.15) is 37.6 Å². The zero-order valence-corrected chi connectivity index (χ0v) is 21.1. The predicted molar refractivity (Wildman–Crippen MR) is 134 cm³/mol. The Morgan fingerprint density at radius 2 is 2.15 bits per heavy atom. The number of hydrogen-bond acceptors (Lipinski definition) is 6. The number of fused-ring (bicyclic) bond motifs is 5. The number of anilines is 1. The van der Waals surface area contributed by atoms with Crippen molar-refractivity contribution < 1.29 is 9.53 Å². The van der Waals surface area contributed by atoms with E-state index in [1.165, 1.54) is 33.0 Å². The fourth-order valence-corrected chi connectivity index (χ4v) is 6.14. The lowest BCUT2D eigenvalue weighted by atomic mass is 9.72. The summed E-state index contributed by atoms with van der Waals surface area (Å²) in [5.74, 6) is 0.746. The van der Waals surface area contributed by atoms with Crippen LogP contribution in [0.5, 0.6) is 5.75 Å². The summed E-state index contributed by atoms with van der Waals surface area (Å²) >= 11 is 7.83. The quantitative estimate of drug-likeness (QED) is 0.444. The first-order valence-electron chi connectivity index (χ1n) is 11.2. The minimum atomic E-state index is -0.393. The van der Waals surface area contributed by atoms with Crippen LogP contribution < -0.4 is 15.7 Å². The van der Waals surface area contributed by atoms with Gasteiger partial charge in [0.25, 0.3) is 0 Å². The van der Waals surface area contributed by atoms with E-state index in [4.69, 9.17) is 16.3 Å². The molecule has 0 spiro atoms. The van der Waals surface area contributed by atoms with Crippen LogP contribution in [0.4, 0.5) is 5.69 Å². The van der Waals surface area contributed by atoms with E-state index in [0.29, 0.717) is 28.0 Å². The predicted octanol–water partition coefficient (Wildman–Crippen LogP) is 4.56. The number of nitrogens with one attached hydrogen (secondary N) is 1. The van der Waals surface area contributed by atoms with Gasteiger partial charge in [-0.15, -0.1) is 16.4 Å². The van der Waals surface area contributed by atoms with Crippen molar-refractivity contribution in [2.45, 2.75) is 46.6 Å². The van der Waals surface area contributed by atoms with Crippen molar-refractivity contribution >= 4 is 50.4 Å². The SMILES string of the molecule is COc1ccc(NC(=O)Cn2nc3c4c5c(sc4ncn3c2=O)C[C@H](C(C)(C)C)CC5)cc1Cl. The van der Waals surface area contributed by atoms with Crippen LogP contribution in [0.25, 0.3) is 15.9 Å². The van der Waals surface area contributed by atoms with Gasteiger partial charge in [-0.1, -0.05) is 32.4 Å². The van der Waals surface area contributed by atoms with Crippen molar-refractivity contribution in [1.82, 2.24) is 19.2 Å². The maximum absolute atomic E-state index is 13.0. The average molecular weight is 500 g/mol. The van der Waals surface area contributed by atoms with E-state index in [1.807, 2.05) is 0 Å². The lowest BCUT2D eigenvalue weighted by Gasteiger charge is -2.33. The smallest absolute Gasteiger partial charge is 0.352 e. The van der Waals surface area contributed by atoms with Gasteiger partial charge in [-0.2, -0.15) is 0 Å². The van der Waals surface area contributed by atoms with Gasteiger partial charge in [-0.3, -0.25) is 4.79 Å². The molecular weight excluding hydrogens is 474 g/mol. The molecule has 4 aromatic rings. The van der Waals surface area contributed by atoms with Crippen molar-refractivity contribution in [3.63, 3.8) is 0 Å². The Morgan fingerprint density at radius 1 is 1.35 bits per heavy atom. The van der Waals surface area contributed by atoms with Gasteiger partial charge in [-0.25, -0.2) is 18.9 Å². The fourth-order valence-electron chi connectivity index (χ4n) is 4.62. The first-order chi connectivity index (χ1) is 16.2. The molecule has 3 heterocycles. The highest BCUT2D eigenvalue weighted by atomic mass is 35.5. The summed E-state index contributed by atoms with van der Waals surface area (Å²) in [5, 5.41) is 8.62. The highest BCUT2D eigenvalue weighted by molar-refractivity contribution is 7.19. The number of carbonyl (C=O) groups is 1. The van der Waals surface area contributed by atoms with Crippen LogP contribution in [0.3, 0.4) is 0 Å². The van der Waals surface area contributed by atoms with Gasteiger partial charge >= 0.3 is 5.69 Å². The van der Waals surface area contributed by atoms with Crippen molar-refractivity contribution in [1.29, 1.82) is 0 Å². The van der Waals surface area contributed by atoms with Crippen molar-refractivity contribution in [2.75, 3.05) is 12.4 Å². The molecule has 0 unspecified atom stereocenters. The van der Waals surface area contributed by atoms with Crippen molar-refractivity contribution in [3.05, 3.63) is 50.5 Å². The van der Waals surface area contributed by atoms with E-state index >= 15 is 0 Å². The normalized spacial score (nSPS) is 16.1. The molecule has 0 saturated carbocycles. The van der Waals surface area contributed by atoms with Crippen LogP contribution >= 0.6 is 22.9 Å². The van der Waals surface area contributed by atoms with E-state index in [0.717, 1.165) is 29.5 Å². The summed E-state index contributed by atoms with van der Waals surface area (Å²) in [6, 6.07) is 4.95. The number of benzene rings is 1. The Morgan fingerprint density at radius 3 is 2.85 bits per heavy atom. The number of methoxy groups -OCH3 is 1. The van der Waals surface area contributed by atoms with Crippen LogP contribution in [-0.2, 0) is 24.2 Å². The molecular formula is C24H26ClN5O3S. The second kappa shape index (κ2) is 8.39. The lowest BCUT2D eigenvalue weighted by Crippen LogP contribution is -2.28. The number of aromatic nitrogens is 4. The summed E-state index contributed by atoms with van der Waals surface area (Å²) in [6.07, 6.45) is 4.57. The Bertz CT molecular complexity index is 1480. The molecule has 1 aliphatic rings. The molecule has 1 atom stereocenters. The summed E-state index contributed by atoms with van der Waals surface area (Å²) in [7, 11) is 1.52. The van der Waals surface area contributed by atoms with Gasteiger partial charge < -0.3 is 10.1 Å². The molecule has 0 saturated heterocycles. The summed E-state index contributed by atoms with van der Waals surface area (Å²) in [6.45, 7) is 6.65. The molecule has 0 fully saturated rings. The Balaban J connectivity index is 1.45. The molecule has 1 amide bonds. The van der Waals surface area contributed by atoms with E-state index in [9.17, 15) is 9.59 Å². The second-order valence-corrected chi connectivity index (χ2v) is 11.3. The zero-order chi connectivity index (χ0) is 24.2. The topological polar surface area (TPSA) is 90.5 Å². The van der Waals surface area contributed by atoms with E-state index in [1.54, 1.807) is 29.5 Å². The third-order valence-electron chi connectivity index (χ3n) is 6.58. The number of rotatable bonds is 4. The molecule has 1 N–H and O–H groups in total. The molecule has 34 heavy (non-hydrogen) atoms. The number of amides is 1. The maximum atomic E-state index is 13.0. The monoisotopic (exact) mass is 499 g/mol. The molecule has 1 aromatic carbocycles. The van der Waals surface area contributed by atoms with E-state index in [2.05, 4.69) is 36.2 Å². The maximum Gasteiger partial charge on any atom is 0.352 e. The van der Waals surface area contributed by atoms with Gasteiger partial charge in [0.2, 0.25) is 5.91 Å². The van der Waals surface area contributed by atoms with Gasteiger partial charge in [0.15, 0.2) is 5.65 Å². The standard InChI is InChI=1S/C24H26ClN5O3S/c1-24(2,3)13-5-7-15-18(9-13)34-22-20(15)21-28-30(23(32)29(21)12-26-22)11-19(31)27-14-6-8-17(33-4)16(25)10-14/h6,8,10,12-13H,5,7,9,11H2,1-4H3,(H,27,31)/t13-/m1/s1. The number of thiophene rings is 1. The lowest BCUT2D eigenvalue weighted by molar-refractivity contribution is -0.117. The number of halogens is 1. The van der Waals surface area contributed by atoms with Crippen molar-refractivity contribution in [3.8, 4) is 5.75 Å². The molecule has 178 valence electrons. The van der Waals surface area contributed by atoms with Gasteiger partial charge in [0, 0.05) is 10.6 Å². The number of hydrogen-bond donors (Lipinski definition) is 1. The largest absolute Gasteiger partial charge is 0.495 e. The minimum Gasteiger partial charge on any atom is -0.495 e. The summed E-state index contributed by atoms with van der Waals surface area (Å²) in [4.78, 5) is 32.4. The first kappa shape index (κ1) is 22.9. The Hall–Kier alpha value is -2.91. The van der Waals surface area contributed by atoms with Gasteiger partial charge in [0.1, 0.15) is 23.5 Å². The van der Waals surface area contributed by atoms with Gasteiger partial charge in [0.05, 0.1) is 17.5 Å². The Kier molecular flexibility index (Phi) is 5.64. The molecule has 0 bridgehead atoms. The van der Waals surface area contributed by atoms with Crippen LogP contribution in [0, 0.1) is 11.3 Å². The fraction of sp³-hybridized carbons (Fsp3) is 0.417. The van der Waals surface area contributed by atoms with Crippen LogP contribution in [0.2, 0.25) is 5.02 Å². The molecule has 10 heteroatoms. The first-order valence-corrected chi connectivity index (χ1v) is 12.4. The minimum absolute atomic E-state index is 0.218. The molecule has 1 aliphatic carbocycles. The highest BCUT2D eigenvalue weighted by Gasteiger charge is 2.32. The zero-order valence-electron chi connectivity index (χ0n) is 19.5. The number of aryl methyl sites for hydroxylation is 1. The third-order valence-corrected chi connectivity index (χ3v) is 8.04. The molecule has 5 rings (SSSR count). The number of carbonyl (C=O) groups excluding carboxylic acids is 1. The van der Waals surface area contributed by atoms with E-state index < -0.39 is 5.69 Å². The average Bonchev–Trinajstić information content (AvgIpc) is 3.30. The highest BCUT2D eigenvalue weighted by Crippen LogP contribution is 2.43. The van der Waals surface area contributed by atoms with Crippen molar-refractivity contribution in [2.24, 2.45) is 11.3 Å².